The number of hydrogen-bond donors (Lipinski definition) is 3. The summed E-state index contributed by atoms with van der Waals surface area (Å²) in [5, 5.41) is 8.34. The van der Waals surface area contributed by atoms with E-state index in [9.17, 15) is 14.4 Å². The van der Waals surface area contributed by atoms with Crippen LogP contribution in [-0.4, -0.2) is 42.2 Å². The lowest BCUT2D eigenvalue weighted by molar-refractivity contribution is -0.116. The first-order chi connectivity index (χ1) is 21.3. The van der Waals surface area contributed by atoms with Crippen LogP contribution in [0.4, 0.5) is 11.4 Å². The zero-order chi connectivity index (χ0) is 31.5. The quantitative estimate of drug-likeness (QED) is 0.118. The monoisotopic (exact) mass is 630 g/mol. The van der Waals surface area contributed by atoms with Gasteiger partial charge in [-0.2, -0.15) is 0 Å². The van der Waals surface area contributed by atoms with Gasteiger partial charge < -0.3 is 25.4 Å². The van der Waals surface area contributed by atoms with Gasteiger partial charge in [0, 0.05) is 34.6 Å². The molecule has 3 N–H and O–H groups in total. The van der Waals surface area contributed by atoms with Crippen molar-refractivity contribution >= 4 is 58.5 Å². The zero-order valence-electron chi connectivity index (χ0n) is 24.3. The summed E-state index contributed by atoms with van der Waals surface area (Å²) in [4.78, 5) is 44.4. The third-order valence-corrected chi connectivity index (χ3v) is 7.94. The topological polar surface area (TPSA) is 119 Å². The van der Waals surface area contributed by atoms with E-state index in [0.717, 1.165) is 4.90 Å². The molecule has 0 spiro atoms. The maximum Gasteiger partial charge on any atom is 0.272 e. The zero-order valence-corrected chi connectivity index (χ0v) is 25.9. The van der Waals surface area contributed by atoms with Gasteiger partial charge in [-0.15, -0.1) is 11.8 Å². The first-order valence-corrected chi connectivity index (χ1v) is 14.9. The van der Waals surface area contributed by atoms with Crippen LogP contribution in [0.2, 0.25) is 5.02 Å². The van der Waals surface area contributed by atoms with Gasteiger partial charge in [-0.1, -0.05) is 48.9 Å². The Bertz CT molecular complexity index is 1650. The highest BCUT2D eigenvalue weighted by Crippen LogP contribution is 2.37. The fourth-order valence-electron chi connectivity index (χ4n) is 4.07. The lowest BCUT2D eigenvalue weighted by Crippen LogP contribution is -2.30. The van der Waals surface area contributed by atoms with E-state index in [1.54, 1.807) is 91.3 Å². The molecular weight excluding hydrogens is 600 g/mol. The number of hydrogen-bond acceptors (Lipinski definition) is 7. The molecule has 0 aliphatic heterocycles. The molecule has 11 heteroatoms. The largest absolute Gasteiger partial charge is 0.495 e. The summed E-state index contributed by atoms with van der Waals surface area (Å²) in [6, 6.07) is 22.5. The minimum absolute atomic E-state index is 0.0443. The molecule has 1 aromatic heterocycles. The van der Waals surface area contributed by atoms with Crippen molar-refractivity contribution in [2.24, 2.45) is 0 Å². The van der Waals surface area contributed by atoms with E-state index < -0.39 is 17.1 Å². The lowest BCUT2D eigenvalue weighted by Gasteiger charge is -2.18. The van der Waals surface area contributed by atoms with E-state index in [1.807, 2.05) is 13.0 Å². The molecule has 9 nitrogen and oxygen atoms in total. The van der Waals surface area contributed by atoms with Crippen molar-refractivity contribution in [2.45, 2.75) is 23.5 Å². The Balaban J connectivity index is 1.49. The minimum Gasteiger partial charge on any atom is -0.495 e. The van der Waals surface area contributed by atoms with Gasteiger partial charge in [-0.25, -0.2) is 0 Å². The van der Waals surface area contributed by atoms with Crippen LogP contribution < -0.4 is 25.4 Å². The summed E-state index contributed by atoms with van der Waals surface area (Å²) >= 11 is 7.62. The van der Waals surface area contributed by atoms with Gasteiger partial charge in [0.1, 0.15) is 17.2 Å². The second kappa shape index (κ2) is 15.6. The van der Waals surface area contributed by atoms with Gasteiger partial charge in [-0.3, -0.25) is 19.4 Å². The van der Waals surface area contributed by atoms with E-state index in [1.165, 1.54) is 26.0 Å². The highest BCUT2D eigenvalue weighted by Gasteiger charge is 2.21. The van der Waals surface area contributed by atoms with Crippen LogP contribution >= 0.6 is 23.4 Å². The fourth-order valence-corrected chi connectivity index (χ4v) is 5.33. The minimum atomic E-state index is -0.520. The number of rotatable bonds is 12. The Kier molecular flexibility index (Phi) is 11.4. The van der Waals surface area contributed by atoms with Crippen LogP contribution in [0.15, 0.2) is 102 Å². The highest BCUT2D eigenvalue weighted by molar-refractivity contribution is 8.00. The highest BCUT2D eigenvalue weighted by atomic mass is 35.5. The van der Waals surface area contributed by atoms with E-state index in [0.29, 0.717) is 45.4 Å². The molecule has 44 heavy (non-hydrogen) atoms. The molecule has 4 rings (SSSR count). The van der Waals surface area contributed by atoms with Crippen LogP contribution in [0.5, 0.6) is 11.5 Å². The number of ether oxygens (including phenoxy) is 2. The molecule has 0 bridgehead atoms. The summed E-state index contributed by atoms with van der Waals surface area (Å²) in [7, 11) is 2.99. The molecule has 0 aliphatic carbocycles. The normalized spacial score (nSPS) is 11.7. The van der Waals surface area contributed by atoms with Gasteiger partial charge in [0.25, 0.3) is 11.8 Å². The second-order valence-electron chi connectivity index (χ2n) is 9.34. The predicted octanol–water partition coefficient (Wildman–Crippen LogP) is 6.67. The molecule has 1 heterocycles. The number of carbonyl (C=O) groups is 3. The number of halogens is 1. The van der Waals surface area contributed by atoms with Crippen molar-refractivity contribution < 1.29 is 23.9 Å². The van der Waals surface area contributed by atoms with Gasteiger partial charge >= 0.3 is 0 Å². The van der Waals surface area contributed by atoms with E-state index >= 15 is 0 Å². The Morgan fingerprint density at radius 2 is 1.70 bits per heavy atom. The van der Waals surface area contributed by atoms with Crippen LogP contribution in [0.1, 0.15) is 29.3 Å². The number of aromatic nitrogens is 1. The first-order valence-electron chi connectivity index (χ1n) is 13.6. The number of carbonyl (C=O) groups excluding carboxylic acids is 3. The van der Waals surface area contributed by atoms with Crippen molar-refractivity contribution in [3.63, 3.8) is 0 Å². The third-order valence-electron chi connectivity index (χ3n) is 6.29. The van der Waals surface area contributed by atoms with Gasteiger partial charge in [0.05, 0.1) is 30.2 Å². The molecule has 0 radical (unpaired) electrons. The van der Waals surface area contributed by atoms with E-state index in [-0.39, 0.29) is 11.6 Å². The summed E-state index contributed by atoms with van der Waals surface area (Å²) in [5.41, 5.74) is 2.01. The van der Waals surface area contributed by atoms with Crippen LogP contribution in [-0.2, 0) is 9.59 Å². The number of thioether (sulfide) groups is 1. The maximum atomic E-state index is 13.4. The van der Waals surface area contributed by atoms with Crippen molar-refractivity contribution in [3.8, 4) is 11.5 Å². The third kappa shape index (κ3) is 8.62. The van der Waals surface area contributed by atoms with E-state index in [2.05, 4.69) is 20.9 Å². The Morgan fingerprint density at radius 3 is 2.39 bits per heavy atom. The van der Waals surface area contributed by atoms with Crippen LogP contribution in [0, 0.1) is 0 Å². The molecular formula is C33H31ClN4O5S. The number of amides is 3. The Hall–Kier alpha value is -4.80. The number of nitrogens with zero attached hydrogens (tertiary/aromatic N) is 1. The van der Waals surface area contributed by atoms with Gasteiger partial charge in [-0.05, 0) is 60.5 Å². The molecule has 0 saturated carbocycles. The molecule has 0 fully saturated rings. The number of nitrogens with one attached hydrogen (secondary N) is 3. The lowest BCUT2D eigenvalue weighted by atomic mass is 10.2. The summed E-state index contributed by atoms with van der Waals surface area (Å²) in [6.45, 7) is 1.91. The molecule has 1 atom stereocenters. The second-order valence-corrected chi connectivity index (χ2v) is 11.0. The van der Waals surface area contributed by atoms with Gasteiger partial charge in [0.2, 0.25) is 5.91 Å². The molecule has 4 aromatic rings. The van der Waals surface area contributed by atoms with Gasteiger partial charge in [0.15, 0.2) is 0 Å². The molecule has 0 saturated heterocycles. The Labute approximate surface area is 265 Å². The molecule has 0 aliphatic rings. The van der Waals surface area contributed by atoms with Crippen molar-refractivity contribution in [1.29, 1.82) is 0 Å². The van der Waals surface area contributed by atoms with E-state index in [4.69, 9.17) is 21.1 Å². The average Bonchev–Trinajstić information content (AvgIpc) is 3.04. The summed E-state index contributed by atoms with van der Waals surface area (Å²) < 4.78 is 10.6. The predicted molar refractivity (Wildman–Crippen MR) is 174 cm³/mol. The average molecular weight is 631 g/mol. The number of pyridine rings is 1. The molecule has 3 aromatic carbocycles. The van der Waals surface area contributed by atoms with Crippen molar-refractivity contribution in [3.05, 3.63) is 113 Å². The number of benzene rings is 3. The fraction of sp³-hybridized carbons (Fsp3) is 0.152. The van der Waals surface area contributed by atoms with Crippen LogP contribution in [0.3, 0.4) is 0 Å². The summed E-state index contributed by atoms with van der Waals surface area (Å²) in [5.74, 6) is -0.337. The van der Waals surface area contributed by atoms with Crippen molar-refractivity contribution in [1.82, 2.24) is 10.3 Å². The summed E-state index contributed by atoms with van der Waals surface area (Å²) in [6.07, 6.45) is 5.29. The van der Waals surface area contributed by atoms with Crippen molar-refractivity contribution in [2.75, 3.05) is 24.9 Å². The molecule has 3 amide bonds. The number of methoxy groups -OCH3 is 2. The number of anilines is 2. The Morgan fingerprint density at radius 1 is 0.932 bits per heavy atom. The smallest absolute Gasteiger partial charge is 0.272 e. The maximum absolute atomic E-state index is 13.4. The molecule has 1 unspecified atom stereocenters. The molecule has 226 valence electrons. The first kappa shape index (κ1) is 32.1. The SMILES string of the molecule is CCC(Sc1cccc(NC(=O)/C(=C/c2cccnc2)NC(=O)c2ccccc2)c1)C(=O)Nc1cc(Cl)c(OC)cc1OC. The van der Waals surface area contributed by atoms with Crippen LogP contribution in [0.25, 0.3) is 6.08 Å². The standard InChI is InChI=1S/C33H31ClN4O5S/c1-4-30(33(41)37-26-18-25(34)28(42-2)19-29(26)43-3)44-24-14-8-13-23(17-24)36-32(40)27(16-21-10-9-15-35-20-21)38-31(39)22-11-6-5-7-12-22/h5-20,30H,4H2,1-3H3,(H,36,40)(H,37,41)(H,38,39)/b27-16-.